The number of sulfonamides is 1. The van der Waals surface area contributed by atoms with Crippen LogP contribution in [0.4, 0.5) is 0 Å². The minimum absolute atomic E-state index is 0.214. The standard InChI is InChI=1S/C14H19NO4S/c1-3-15(4-2)20(18,19)12-7-5-11(6-8-12)14(9-10-14)13(16)17/h5-8H,3-4,9-10H2,1-2H3,(H,16,17). The summed E-state index contributed by atoms with van der Waals surface area (Å²) in [5.74, 6) is -0.836. The van der Waals surface area contributed by atoms with Gasteiger partial charge in [0.2, 0.25) is 10.0 Å². The molecule has 1 aliphatic rings. The molecule has 0 atom stereocenters. The van der Waals surface area contributed by atoms with Gasteiger partial charge in [-0.05, 0) is 30.5 Å². The van der Waals surface area contributed by atoms with Gasteiger partial charge in [0.1, 0.15) is 0 Å². The van der Waals surface area contributed by atoms with Crippen molar-refractivity contribution in [3.63, 3.8) is 0 Å². The zero-order valence-corrected chi connectivity index (χ0v) is 12.5. The molecule has 1 aromatic rings. The van der Waals surface area contributed by atoms with Gasteiger partial charge in [-0.1, -0.05) is 26.0 Å². The van der Waals surface area contributed by atoms with Gasteiger partial charge in [0.05, 0.1) is 10.3 Å². The molecule has 0 unspecified atom stereocenters. The summed E-state index contributed by atoms with van der Waals surface area (Å²) >= 11 is 0. The lowest BCUT2D eigenvalue weighted by molar-refractivity contribution is -0.140. The molecule has 1 aromatic carbocycles. The van der Waals surface area contributed by atoms with Crippen molar-refractivity contribution in [2.24, 2.45) is 0 Å². The third kappa shape index (κ3) is 2.33. The zero-order chi connectivity index (χ0) is 15.0. The predicted octanol–water partition coefficient (Wildman–Crippen LogP) is 1.83. The molecule has 1 N–H and O–H groups in total. The van der Waals surface area contributed by atoms with Gasteiger partial charge < -0.3 is 5.11 Å². The highest BCUT2D eigenvalue weighted by Gasteiger charge is 2.51. The molecule has 5 nitrogen and oxygen atoms in total. The zero-order valence-electron chi connectivity index (χ0n) is 11.7. The number of hydrogen-bond donors (Lipinski definition) is 1. The average molecular weight is 297 g/mol. The second-order valence-electron chi connectivity index (χ2n) is 5.00. The Balaban J connectivity index is 2.32. The first-order valence-electron chi connectivity index (χ1n) is 6.72. The summed E-state index contributed by atoms with van der Waals surface area (Å²) in [4.78, 5) is 11.5. The lowest BCUT2D eigenvalue weighted by atomic mass is 9.96. The van der Waals surface area contributed by atoms with E-state index in [2.05, 4.69) is 0 Å². The number of carboxylic acids is 1. The second kappa shape index (κ2) is 5.18. The lowest BCUT2D eigenvalue weighted by Gasteiger charge is -2.19. The Bertz CT molecular complexity index is 599. The van der Waals surface area contributed by atoms with Gasteiger partial charge in [0.25, 0.3) is 0 Å². The maximum atomic E-state index is 12.3. The van der Waals surface area contributed by atoms with Crippen molar-refractivity contribution < 1.29 is 18.3 Å². The molecule has 110 valence electrons. The van der Waals surface area contributed by atoms with Gasteiger partial charge in [-0.25, -0.2) is 8.42 Å². The molecule has 0 radical (unpaired) electrons. The SMILES string of the molecule is CCN(CC)S(=O)(=O)c1ccc(C2(C(=O)O)CC2)cc1. The van der Waals surface area contributed by atoms with Crippen molar-refractivity contribution in [2.45, 2.75) is 37.0 Å². The van der Waals surface area contributed by atoms with Crippen molar-refractivity contribution >= 4 is 16.0 Å². The summed E-state index contributed by atoms with van der Waals surface area (Å²) in [5, 5.41) is 9.22. The first kappa shape index (κ1) is 15.0. The van der Waals surface area contributed by atoms with Gasteiger partial charge in [-0.15, -0.1) is 0 Å². The van der Waals surface area contributed by atoms with Crippen molar-refractivity contribution in [2.75, 3.05) is 13.1 Å². The van der Waals surface area contributed by atoms with E-state index in [-0.39, 0.29) is 4.90 Å². The Morgan fingerprint density at radius 2 is 1.70 bits per heavy atom. The average Bonchev–Trinajstić information content (AvgIpc) is 3.21. The highest BCUT2D eigenvalue weighted by molar-refractivity contribution is 7.89. The highest BCUT2D eigenvalue weighted by Crippen LogP contribution is 2.48. The van der Waals surface area contributed by atoms with Crippen molar-refractivity contribution in [3.05, 3.63) is 29.8 Å². The molecule has 0 aliphatic heterocycles. The van der Waals surface area contributed by atoms with Gasteiger partial charge in [-0.2, -0.15) is 4.31 Å². The number of benzene rings is 1. The summed E-state index contributed by atoms with van der Waals surface area (Å²) < 4.78 is 26.0. The molecule has 20 heavy (non-hydrogen) atoms. The molecule has 0 aromatic heterocycles. The Hall–Kier alpha value is -1.40. The highest BCUT2D eigenvalue weighted by atomic mass is 32.2. The number of carboxylic acid groups (broad SMARTS) is 1. The van der Waals surface area contributed by atoms with Crippen molar-refractivity contribution in [3.8, 4) is 0 Å². The number of nitrogens with zero attached hydrogens (tertiary/aromatic N) is 1. The first-order valence-corrected chi connectivity index (χ1v) is 8.16. The smallest absolute Gasteiger partial charge is 0.314 e. The maximum absolute atomic E-state index is 12.3. The molecule has 0 saturated heterocycles. The second-order valence-corrected chi connectivity index (χ2v) is 6.94. The summed E-state index contributed by atoms with van der Waals surface area (Å²) in [6.07, 6.45) is 1.23. The normalized spacial score (nSPS) is 17.1. The molecular weight excluding hydrogens is 278 g/mol. The van der Waals surface area contributed by atoms with E-state index in [4.69, 9.17) is 0 Å². The molecule has 6 heteroatoms. The van der Waals surface area contributed by atoms with Gasteiger partial charge in [0, 0.05) is 13.1 Å². The van der Waals surface area contributed by atoms with Gasteiger partial charge in [0.15, 0.2) is 0 Å². The van der Waals surface area contributed by atoms with Gasteiger partial charge in [-0.3, -0.25) is 4.79 Å². The summed E-state index contributed by atoms with van der Waals surface area (Å²) in [5.41, 5.74) is -0.110. The van der Waals surface area contributed by atoms with E-state index in [1.54, 1.807) is 26.0 Å². The molecule has 0 bridgehead atoms. The third-order valence-electron chi connectivity index (χ3n) is 3.91. The van der Waals surface area contributed by atoms with E-state index in [9.17, 15) is 18.3 Å². The summed E-state index contributed by atoms with van der Waals surface area (Å²) in [7, 11) is -3.48. The molecular formula is C14H19NO4S. The lowest BCUT2D eigenvalue weighted by Crippen LogP contribution is -2.30. The fourth-order valence-corrected chi connectivity index (χ4v) is 3.87. The topological polar surface area (TPSA) is 74.7 Å². The van der Waals surface area contributed by atoms with E-state index < -0.39 is 21.4 Å². The Kier molecular flexibility index (Phi) is 3.88. The fraction of sp³-hybridized carbons (Fsp3) is 0.500. The Labute approximate surface area is 119 Å². The minimum Gasteiger partial charge on any atom is -0.481 e. The number of aliphatic carboxylic acids is 1. The van der Waals surface area contributed by atoms with Gasteiger partial charge >= 0.3 is 5.97 Å². The van der Waals surface area contributed by atoms with Crippen LogP contribution < -0.4 is 0 Å². The summed E-state index contributed by atoms with van der Waals surface area (Å²) in [6, 6.07) is 6.26. The summed E-state index contributed by atoms with van der Waals surface area (Å²) in [6.45, 7) is 4.41. The van der Waals surface area contributed by atoms with Crippen LogP contribution in [-0.4, -0.2) is 36.9 Å². The molecule has 2 rings (SSSR count). The van der Waals surface area contributed by atoms with E-state index in [1.807, 2.05) is 0 Å². The van der Waals surface area contributed by atoms with Crippen LogP contribution in [0.15, 0.2) is 29.2 Å². The van der Waals surface area contributed by atoms with Crippen LogP contribution in [0.1, 0.15) is 32.3 Å². The molecule has 0 spiro atoms. The van der Waals surface area contributed by atoms with Crippen LogP contribution in [0.5, 0.6) is 0 Å². The van der Waals surface area contributed by atoms with Crippen LogP contribution in [0, 0.1) is 0 Å². The molecule has 1 fully saturated rings. The monoisotopic (exact) mass is 297 g/mol. The van der Waals surface area contributed by atoms with E-state index in [0.717, 1.165) is 0 Å². The minimum atomic E-state index is -3.48. The number of carbonyl (C=O) groups is 1. The van der Waals surface area contributed by atoms with Crippen LogP contribution in [-0.2, 0) is 20.2 Å². The van der Waals surface area contributed by atoms with Crippen LogP contribution >= 0.6 is 0 Å². The van der Waals surface area contributed by atoms with Crippen molar-refractivity contribution in [1.29, 1.82) is 0 Å². The van der Waals surface area contributed by atoms with Crippen LogP contribution in [0.25, 0.3) is 0 Å². The maximum Gasteiger partial charge on any atom is 0.314 e. The van der Waals surface area contributed by atoms with Crippen molar-refractivity contribution in [1.82, 2.24) is 4.31 Å². The van der Waals surface area contributed by atoms with Crippen LogP contribution in [0.2, 0.25) is 0 Å². The fourth-order valence-electron chi connectivity index (χ4n) is 2.41. The van der Waals surface area contributed by atoms with E-state index in [1.165, 1.54) is 16.4 Å². The third-order valence-corrected chi connectivity index (χ3v) is 5.97. The van der Waals surface area contributed by atoms with Crippen LogP contribution in [0.3, 0.4) is 0 Å². The molecule has 1 saturated carbocycles. The largest absolute Gasteiger partial charge is 0.481 e. The molecule has 1 aliphatic carbocycles. The first-order chi connectivity index (χ1) is 9.38. The Morgan fingerprint density at radius 3 is 2.05 bits per heavy atom. The predicted molar refractivity (Wildman–Crippen MR) is 75.1 cm³/mol. The number of hydrogen-bond acceptors (Lipinski definition) is 3. The quantitative estimate of drug-likeness (QED) is 0.869. The molecule has 0 heterocycles. The number of rotatable bonds is 6. The van der Waals surface area contributed by atoms with E-state index >= 15 is 0 Å². The Morgan fingerprint density at radius 1 is 1.20 bits per heavy atom. The van der Waals surface area contributed by atoms with E-state index in [0.29, 0.717) is 31.5 Å². The molecule has 0 amide bonds.